The molecule has 0 saturated heterocycles. The first-order valence-electron chi connectivity index (χ1n) is 8.60. The molecule has 2 aromatic carbocycles. The van der Waals surface area contributed by atoms with Crippen molar-refractivity contribution in [2.75, 3.05) is 31.8 Å². The Bertz CT molecular complexity index is 659. The predicted molar refractivity (Wildman–Crippen MR) is 118 cm³/mol. The maximum absolute atomic E-state index is 5.95. The molecular weight excluding hydrogens is 430 g/mol. The molecule has 0 saturated carbocycles. The standard InChI is InChI=1S/C20H25NO2S2.BrH/c1-15(13-24-19-9-5-3-7-17(19)22-2)11-21-16-12-23-18-8-4-6-10-20(18)25-14-16;/h3-10,15-16,21H,11-14H2,1-2H3;1H/t15-,16+;/m0./s1. The minimum atomic E-state index is 0. The molecule has 0 fully saturated rings. The molecule has 1 heterocycles. The normalized spacial score (nSPS) is 17.2. The number of hydrogen-bond donors (Lipinski definition) is 1. The van der Waals surface area contributed by atoms with Gasteiger partial charge in [0.1, 0.15) is 18.1 Å². The molecule has 0 amide bonds. The number of thioether (sulfide) groups is 2. The van der Waals surface area contributed by atoms with Crippen LogP contribution in [0.5, 0.6) is 11.5 Å². The van der Waals surface area contributed by atoms with E-state index in [1.165, 1.54) is 9.79 Å². The third kappa shape index (κ3) is 6.12. The summed E-state index contributed by atoms with van der Waals surface area (Å²) in [5.41, 5.74) is 0. The third-order valence-corrected chi connectivity index (χ3v) is 6.68. The van der Waals surface area contributed by atoms with Crippen LogP contribution >= 0.6 is 40.5 Å². The number of methoxy groups -OCH3 is 1. The van der Waals surface area contributed by atoms with Gasteiger partial charge in [-0.2, -0.15) is 0 Å². The summed E-state index contributed by atoms with van der Waals surface area (Å²) >= 11 is 3.73. The Morgan fingerprint density at radius 3 is 2.85 bits per heavy atom. The van der Waals surface area contributed by atoms with Gasteiger partial charge in [0.2, 0.25) is 0 Å². The molecule has 1 aliphatic heterocycles. The number of fused-ring (bicyclic) bond motifs is 1. The van der Waals surface area contributed by atoms with Crippen LogP contribution in [0.4, 0.5) is 0 Å². The van der Waals surface area contributed by atoms with Gasteiger partial charge in [0.05, 0.1) is 13.2 Å². The molecule has 0 aromatic heterocycles. The first-order chi connectivity index (χ1) is 12.3. The minimum Gasteiger partial charge on any atom is -0.496 e. The molecule has 0 bridgehead atoms. The van der Waals surface area contributed by atoms with Crippen LogP contribution in [-0.2, 0) is 0 Å². The zero-order valence-electron chi connectivity index (χ0n) is 15.1. The van der Waals surface area contributed by atoms with Crippen LogP contribution < -0.4 is 14.8 Å². The number of halogens is 1. The number of rotatable bonds is 7. The van der Waals surface area contributed by atoms with Gasteiger partial charge in [0, 0.05) is 21.3 Å². The zero-order chi connectivity index (χ0) is 17.5. The summed E-state index contributed by atoms with van der Waals surface area (Å²) in [6, 6.07) is 16.9. The second-order valence-corrected chi connectivity index (χ2v) is 8.36. The summed E-state index contributed by atoms with van der Waals surface area (Å²) in [6.07, 6.45) is 0. The van der Waals surface area contributed by atoms with Crippen molar-refractivity contribution in [3.05, 3.63) is 48.5 Å². The Balaban J connectivity index is 0.00000243. The van der Waals surface area contributed by atoms with Gasteiger partial charge in [0.15, 0.2) is 0 Å². The molecule has 2 aromatic rings. The van der Waals surface area contributed by atoms with Crippen molar-refractivity contribution < 1.29 is 9.47 Å². The monoisotopic (exact) mass is 455 g/mol. The Labute approximate surface area is 175 Å². The SMILES string of the molecule is Br.COc1ccccc1SC[C@@H](C)CN[C@@H]1COc2ccccc2SC1. The highest BCUT2D eigenvalue weighted by atomic mass is 79.9. The third-order valence-electron chi connectivity index (χ3n) is 4.08. The molecule has 0 spiro atoms. The first kappa shape index (κ1) is 21.5. The average Bonchev–Trinajstić information content (AvgIpc) is 2.87. The fourth-order valence-corrected chi connectivity index (χ4v) is 4.72. The van der Waals surface area contributed by atoms with E-state index in [-0.39, 0.29) is 17.0 Å². The Hall–Kier alpha value is -0.820. The zero-order valence-corrected chi connectivity index (χ0v) is 18.5. The molecule has 0 aliphatic carbocycles. The van der Waals surface area contributed by atoms with Gasteiger partial charge in [-0.15, -0.1) is 40.5 Å². The fourth-order valence-electron chi connectivity index (χ4n) is 2.63. The Kier molecular flexibility index (Phi) is 9.19. The molecule has 2 atom stereocenters. The molecule has 3 nitrogen and oxygen atoms in total. The fraction of sp³-hybridized carbons (Fsp3) is 0.400. The molecular formula is C20H26BrNO2S2. The molecule has 3 rings (SSSR count). The van der Waals surface area contributed by atoms with Gasteiger partial charge >= 0.3 is 0 Å². The summed E-state index contributed by atoms with van der Waals surface area (Å²) in [6.45, 7) is 4.01. The van der Waals surface area contributed by atoms with E-state index in [2.05, 4.69) is 42.6 Å². The van der Waals surface area contributed by atoms with E-state index in [0.29, 0.717) is 12.0 Å². The topological polar surface area (TPSA) is 30.5 Å². The molecule has 142 valence electrons. The Morgan fingerprint density at radius 1 is 1.23 bits per heavy atom. The molecule has 0 radical (unpaired) electrons. The lowest BCUT2D eigenvalue weighted by atomic mass is 10.2. The largest absolute Gasteiger partial charge is 0.496 e. The second-order valence-electron chi connectivity index (χ2n) is 6.24. The van der Waals surface area contributed by atoms with Crippen LogP contribution in [0.1, 0.15) is 6.92 Å². The lowest BCUT2D eigenvalue weighted by Crippen LogP contribution is -2.39. The van der Waals surface area contributed by atoms with E-state index < -0.39 is 0 Å². The highest BCUT2D eigenvalue weighted by Gasteiger charge is 2.17. The van der Waals surface area contributed by atoms with E-state index in [1.807, 2.05) is 41.7 Å². The quantitative estimate of drug-likeness (QED) is 0.583. The molecule has 1 N–H and O–H groups in total. The van der Waals surface area contributed by atoms with Crippen molar-refractivity contribution in [3.63, 3.8) is 0 Å². The lowest BCUT2D eigenvalue weighted by molar-refractivity contribution is 0.270. The summed E-state index contributed by atoms with van der Waals surface area (Å²) < 4.78 is 11.4. The second kappa shape index (κ2) is 11.1. The smallest absolute Gasteiger partial charge is 0.132 e. The van der Waals surface area contributed by atoms with Gasteiger partial charge in [-0.05, 0) is 36.7 Å². The van der Waals surface area contributed by atoms with Crippen molar-refractivity contribution in [2.24, 2.45) is 5.92 Å². The van der Waals surface area contributed by atoms with Crippen molar-refractivity contribution in [1.29, 1.82) is 0 Å². The van der Waals surface area contributed by atoms with Gasteiger partial charge in [0.25, 0.3) is 0 Å². The predicted octanol–water partition coefficient (Wildman–Crippen LogP) is 5.14. The van der Waals surface area contributed by atoms with Crippen LogP contribution in [0.25, 0.3) is 0 Å². The van der Waals surface area contributed by atoms with Crippen LogP contribution in [0.2, 0.25) is 0 Å². The summed E-state index contributed by atoms with van der Waals surface area (Å²) in [5.74, 6) is 4.65. The number of hydrogen-bond acceptors (Lipinski definition) is 5. The lowest BCUT2D eigenvalue weighted by Gasteiger charge is -2.19. The highest BCUT2D eigenvalue weighted by Crippen LogP contribution is 2.32. The van der Waals surface area contributed by atoms with E-state index in [1.54, 1.807) is 7.11 Å². The van der Waals surface area contributed by atoms with Crippen LogP contribution in [0.3, 0.4) is 0 Å². The van der Waals surface area contributed by atoms with E-state index in [4.69, 9.17) is 9.47 Å². The van der Waals surface area contributed by atoms with E-state index in [9.17, 15) is 0 Å². The van der Waals surface area contributed by atoms with Gasteiger partial charge < -0.3 is 14.8 Å². The van der Waals surface area contributed by atoms with E-state index in [0.717, 1.165) is 36.2 Å². The van der Waals surface area contributed by atoms with Crippen molar-refractivity contribution in [2.45, 2.75) is 22.8 Å². The van der Waals surface area contributed by atoms with Crippen molar-refractivity contribution in [3.8, 4) is 11.5 Å². The van der Waals surface area contributed by atoms with Gasteiger partial charge in [-0.3, -0.25) is 0 Å². The molecule has 1 aliphatic rings. The molecule has 0 unspecified atom stereocenters. The van der Waals surface area contributed by atoms with E-state index >= 15 is 0 Å². The molecule has 26 heavy (non-hydrogen) atoms. The first-order valence-corrected chi connectivity index (χ1v) is 10.6. The maximum atomic E-state index is 5.95. The van der Waals surface area contributed by atoms with Crippen molar-refractivity contribution >= 4 is 40.5 Å². The number of nitrogens with one attached hydrogen (secondary N) is 1. The maximum Gasteiger partial charge on any atom is 0.132 e. The van der Waals surface area contributed by atoms with Crippen LogP contribution in [-0.4, -0.2) is 37.8 Å². The number of benzene rings is 2. The van der Waals surface area contributed by atoms with Crippen LogP contribution in [0, 0.1) is 5.92 Å². The Morgan fingerprint density at radius 2 is 2.00 bits per heavy atom. The van der Waals surface area contributed by atoms with Crippen LogP contribution in [0.15, 0.2) is 58.3 Å². The van der Waals surface area contributed by atoms with Gasteiger partial charge in [-0.1, -0.05) is 31.2 Å². The summed E-state index contributed by atoms with van der Waals surface area (Å²) in [5, 5.41) is 3.67. The number of ether oxygens (including phenoxy) is 2. The molecule has 6 heteroatoms. The minimum absolute atomic E-state index is 0. The highest BCUT2D eigenvalue weighted by molar-refractivity contribution is 8.93. The summed E-state index contributed by atoms with van der Waals surface area (Å²) in [7, 11) is 1.73. The van der Waals surface area contributed by atoms with Crippen molar-refractivity contribution in [1.82, 2.24) is 5.32 Å². The average molecular weight is 456 g/mol. The summed E-state index contributed by atoms with van der Waals surface area (Å²) in [4.78, 5) is 2.45. The number of para-hydroxylation sites is 2. The van der Waals surface area contributed by atoms with Gasteiger partial charge in [-0.25, -0.2) is 0 Å².